The molecule has 0 aliphatic heterocycles. The zero-order valence-electron chi connectivity index (χ0n) is 49.8. The predicted octanol–water partition coefficient (Wildman–Crippen LogP) is 21.9. The van der Waals surface area contributed by atoms with Crippen LogP contribution in [0, 0.1) is 0 Å². The van der Waals surface area contributed by atoms with Gasteiger partial charge >= 0.3 is 11.9 Å². The number of carbonyl (C=O) groups excluding carboxylic acids is 2. The maximum absolute atomic E-state index is 12.3. The van der Waals surface area contributed by atoms with Gasteiger partial charge in [0.25, 0.3) is 0 Å². The summed E-state index contributed by atoms with van der Waals surface area (Å²) < 4.78 is 10.7. The summed E-state index contributed by atoms with van der Waals surface area (Å²) in [6, 6.07) is 0. The van der Waals surface area contributed by atoms with Gasteiger partial charge in [0.2, 0.25) is 0 Å². The number of unbranched alkanes of at least 4 members (excludes halogenated alkanes) is 17. The van der Waals surface area contributed by atoms with E-state index in [0.29, 0.717) is 12.8 Å². The highest BCUT2D eigenvalue weighted by molar-refractivity contribution is 5.70. The van der Waals surface area contributed by atoms with E-state index in [1.807, 2.05) is 0 Å². The largest absolute Gasteiger partial charge is 0.462 e. The van der Waals surface area contributed by atoms with Crippen molar-refractivity contribution in [2.45, 2.75) is 251 Å². The van der Waals surface area contributed by atoms with Gasteiger partial charge in [-0.05, 0) is 135 Å². The van der Waals surface area contributed by atoms with E-state index in [2.05, 4.69) is 196 Å². The van der Waals surface area contributed by atoms with Gasteiger partial charge in [-0.3, -0.25) is 9.59 Å². The minimum Gasteiger partial charge on any atom is -0.462 e. The first-order valence-corrected chi connectivity index (χ1v) is 31.3. The fourth-order valence-corrected chi connectivity index (χ4v) is 8.08. The molecule has 0 radical (unpaired) electrons. The van der Waals surface area contributed by atoms with Gasteiger partial charge in [-0.1, -0.05) is 280 Å². The lowest BCUT2D eigenvalue weighted by Gasteiger charge is -2.15. The Bertz CT molecular complexity index is 1780. The Hall–Kier alpha value is -5.00. The Morgan fingerprint density at radius 2 is 0.513 bits per heavy atom. The van der Waals surface area contributed by atoms with Crippen LogP contribution in [0.2, 0.25) is 0 Å². The first-order valence-electron chi connectivity index (χ1n) is 31.3. The van der Waals surface area contributed by atoms with Crippen LogP contribution in [0.4, 0.5) is 0 Å². The van der Waals surface area contributed by atoms with E-state index >= 15 is 0 Å². The minimum absolute atomic E-state index is 0.0882. The molecule has 0 aliphatic carbocycles. The van der Waals surface area contributed by atoms with Gasteiger partial charge in [0, 0.05) is 12.8 Å². The summed E-state index contributed by atoms with van der Waals surface area (Å²) in [4.78, 5) is 24.6. The van der Waals surface area contributed by atoms with Crippen LogP contribution in [0.5, 0.6) is 0 Å². The van der Waals surface area contributed by atoms with E-state index in [-0.39, 0.29) is 25.2 Å². The van der Waals surface area contributed by atoms with E-state index in [4.69, 9.17) is 9.47 Å². The fourth-order valence-electron chi connectivity index (χ4n) is 8.08. The van der Waals surface area contributed by atoms with Gasteiger partial charge in [-0.25, -0.2) is 0 Å². The molecule has 0 bridgehead atoms. The Morgan fingerprint density at radius 1 is 0.295 bits per heavy atom. The van der Waals surface area contributed by atoms with Crippen molar-refractivity contribution < 1.29 is 24.2 Å². The molecule has 1 atom stereocenters. The van der Waals surface area contributed by atoms with Crippen LogP contribution in [0.25, 0.3) is 0 Å². The molecule has 0 heterocycles. The van der Waals surface area contributed by atoms with Crippen LogP contribution in [0.15, 0.2) is 182 Å². The second kappa shape index (κ2) is 66.3. The summed E-state index contributed by atoms with van der Waals surface area (Å²) >= 11 is 0. The molecule has 1 unspecified atom stereocenters. The maximum Gasteiger partial charge on any atom is 0.306 e. The van der Waals surface area contributed by atoms with E-state index in [1.54, 1.807) is 0 Å². The third-order valence-corrected chi connectivity index (χ3v) is 12.7. The zero-order valence-corrected chi connectivity index (χ0v) is 49.8. The number of hydrogen-bond donors (Lipinski definition) is 1. The molecule has 0 saturated carbocycles. The Labute approximate surface area is 480 Å². The fraction of sp³-hybridized carbons (Fsp3) is 0.562. The van der Waals surface area contributed by atoms with Crippen molar-refractivity contribution in [3.63, 3.8) is 0 Å². The number of esters is 2. The summed E-state index contributed by atoms with van der Waals surface area (Å²) in [5.74, 6) is -0.626. The number of aliphatic hydroxyl groups is 1. The van der Waals surface area contributed by atoms with Crippen molar-refractivity contribution in [3.05, 3.63) is 182 Å². The lowest BCUT2D eigenvalue weighted by Crippen LogP contribution is -2.28. The number of carbonyl (C=O) groups is 2. The van der Waals surface area contributed by atoms with E-state index in [0.717, 1.165) is 154 Å². The molecule has 0 aromatic heterocycles. The van der Waals surface area contributed by atoms with Crippen LogP contribution in [-0.2, 0) is 19.1 Å². The first-order chi connectivity index (χ1) is 38.6. The molecule has 0 aromatic carbocycles. The van der Waals surface area contributed by atoms with Gasteiger partial charge < -0.3 is 14.6 Å². The molecule has 436 valence electrons. The van der Waals surface area contributed by atoms with Crippen LogP contribution in [0.1, 0.15) is 245 Å². The van der Waals surface area contributed by atoms with Gasteiger partial charge in [-0.15, -0.1) is 0 Å². The molecule has 78 heavy (non-hydrogen) atoms. The molecule has 0 aromatic rings. The summed E-state index contributed by atoms with van der Waals surface area (Å²) in [5, 5.41) is 9.68. The summed E-state index contributed by atoms with van der Waals surface area (Å²) in [5.41, 5.74) is 0. The Morgan fingerprint density at radius 3 is 0.769 bits per heavy atom. The number of hydrogen-bond acceptors (Lipinski definition) is 5. The van der Waals surface area contributed by atoms with Gasteiger partial charge in [0.1, 0.15) is 6.61 Å². The van der Waals surface area contributed by atoms with Crippen LogP contribution in [0.3, 0.4) is 0 Å². The average molecular weight is 1070 g/mol. The molecule has 0 rings (SSSR count). The Kier molecular flexibility index (Phi) is 62.0. The van der Waals surface area contributed by atoms with E-state index in [9.17, 15) is 14.7 Å². The molecule has 0 saturated heterocycles. The van der Waals surface area contributed by atoms with Crippen LogP contribution >= 0.6 is 0 Å². The lowest BCUT2D eigenvalue weighted by atomic mass is 10.0. The second-order valence-corrected chi connectivity index (χ2v) is 20.0. The third-order valence-electron chi connectivity index (χ3n) is 12.7. The van der Waals surface area contributed by atoms with Gasteiger partial charge in [-0.2, -0.15) is 0 Å². The highest BCUT2D eigenvalue weighted by Crippen LogP contribution is 2.15. The first kappa shape index (κ1) is 73.0. The summed E-state index contributed by atoms with van der Waals surface area (Å²) in [6.07, 6.45) is 104. The summed E-state index contributed by atoms with van der Waals surface area (Å²) in [6.45, 7) is 3.89. The van der Waals surface area contributed by atoms with E-state index in [1.165, 1.54) is 64.2 Å². The molecule has 0 aliphatic rings. The summed E-state index contributed by atoms with van der Waals surface area (Å²) in [7, 11) is 0. The van der Waals surface area contributed by atoms with Crippen molar-refractivity contribution in [2.75, 3.05) is 13.2 Å². The van der Waals surface area contributed by atoms with Crippen molar-refractivity contribution >= 4 is 11.9 Å². The van der Waals surface area contributed by atoms with Gasteiger partial charge in [0.05, 0.1) is 6.61 Å². The maximum atomic E-state index is 12.3. The van der Waals surface area contributed by atoms with Crippen molar-refractivity contribution in [1.82, 2.24) is 0 Å². The molecule has 0 amide bonds. The zero-order chi connectivity index (χ0) is 56.2. The molecule has 1 N–H and O–H groups in total. The molecular formula is C73H114O5. The van der Waals surface area contributed by atoms with E-state index < -0.39 is 6.10 Å². The van der Waals surface area contributed by atoms with Gasteiger partial charge in [0.15, 0.2) is 6.10 Å². The average Bonchev–Trinajstić information content (AvgIpc) is 3.44. The quantitative estimate of drug-likeness (QED) is 0.0373. The smallest absolute Gasteiger partial charge is 0.306 e. The minimum atomic E-state index is -0.797. The molecule has 5 nitrogen and oxygen atoms in total. The van der Waals surface area contributed by atoms with Crippen molar-refractivity contribution in [1.29, 1.82) is 0 Å². The monoisotopic (exact) mass is 1070 g/mol. The number of allylic oxidation sites excluding steroid dienone is 30. The standard InChI is InChI=1S/C73H114O5/c1-3-5-7-9-11-13-15-17-19-21-23-25-27-29-31-32-33-34-35-36-37-38-39-40-42-44-46-48-50-52-54-56-58-60-62-64-66-68-73(76)78-71(69-74)70-77-72(75)67-65-63-61-59-57-55-53-51-49-47-45-43-41-30-28-26-24-22-20-18-16-14-12-10-8-6-4-2/h5-8,11-14,17-20,23-26,29-31,33-34,36-37,39-41,45,47,51,53,71,74H,3-4,9-10,15-16,21-22,27-28,32,35,38,42-44,46,48-50,52,54-70H2,1-2H3/b7-5-,8-6-,13-11-,14-12-,19-17-,20-18-,25-23-,26-24-,31-29-,34-33-,37-36-,40-39-,41-30-,47-45-,53-51-. The second-order valence-electron chi connectivity index (χ2n) is 20.0. The number of rotatable bonds is 55. The highest BCUT2D eigenvalue weighted by Gasteiger charge is 2.16. The van der Waals surface area contributed by atoms with Crippen LogP contribution in [-0.4, -0.2) is 36.4 Å². The lowest BCUT2D eigenvalue weighted by molar-refractivity contribution is -0.161. The normalized spacial score (nSPS) is 13.5. The predicted molar refractivity (Wildman–Crippen MR) is 343 cm³/mol. The molecule has 0 spiro atoms. The SMILES string of the molecule is CC/C=C\C/C=C\C/C=C\C/C=C\C/C=C\C/C=C\C/C=C\C/C=C\CCCCCCCCCCCCCCC(=O)OC(CO)COC(=O)CCCCCCC/C=C\C/C=C\C/C=C\C/C=C\C/C=C\C/C=C\C/C=C\CC. The van der Waals surface area contributed by atoms with Crippen LogP contribution < -0.4 is 0 Å². The molecular weight excluding hydrogens is 957 g/mol. The topological polar surface area (TPSA) is 72.8 Å². The number of aliphatic hydroxyl groups excluding tert-OH is 1. The third kappa shape index (κ3) is 63.5. The van der Waals surface area contributed by atoms with Crippen molar-refractivity contribution in [3.8, 4) is 0 Å². The molecule has 0 fully saturated rings. The Balaban J connectivity index is 3.61. The van der Waals surface area contributed by atoms with Crippen molar-refractivity contribution in [2.24, 2.45) is 0 Å². The molecule has 5 heteroatoms. The number of ether oxygens (including phenoxy) is 2. The highest BCUT2D eigenvalue weighted by atomic mass is 16.6.